The van der Waals surface area contributed by atoms with Gasteiger partial charge in [0.15, 0.2) is 5.75 Å². The monoisotopic (exact) mass is 298 g/mol. The predicted molar refractivity (Wildman–Crippen MR) is 86.4 cm³/mol. The van der Waals surface area contributed by atoms with Crippen LogP contribution in [-0.4, -0.2) is 31.8 Å². The molecule has 1 aromatic heterocycles. The first-order chi connectivity index (χ1) is 10.9. The number of rotatable bonds is 5. The summed E-state index contributed by atoms with van der Waals surface area (Å²) in [5.41, 5.74) is 1.39. The van der Waals surface area contributed by atoms with E-state index < -0.39 is 0 Å². The smallest absolute Gasteiger partial charge is 0.256 e. The number of hydrogen-bond acceptors (Lipinski definition) is 4. The number of methoxy groups -OCH3 is 1. The molecule has 1 N–H and O–H groups in total. The number of pyridine rings is 1. The predicted octanol–water partition coefficient (Wildman–Crippen LogP) is 2.86. The first kappa shape index (κ1) is 14.9. The lowest BCUT2D eigenvalue weighted by Gasteiger charge is -2.32. The van der Waals surface area contributed by atoms with Gasteiger partial charge in [0.25, 0.3) is 5.88 Å². The summed E-state index contributed by atoms with van der Waals surface area (Å²) < 4.78 is 11.2. The second kappa shape index (κ2) is 7.27. The number of piperidine rings is 1. The Balaban J connectivity index is 1.69. The molecule has 1 fully saturated rings. The first-order valence-corrected chi connectivity index (χ1v) is 7.76. The van der Waals surface area contributed by atoms with Crippen LogP contribution in [0.5, 0.6) is 11.6 Å². The van der Waals surface area contributed by atoms with Crippen LogP contribution < -0.4 is 14.8 Å². The topological polar surface area (TPSA) is 43.4 Å². The van der Waals surface area contributed by atoms with E-state index >= 15 is 0 Å². The lowest BCUT2D eigenvalue weighted by atomic mass is 9.81. The average molecular weight is 298 g/mol. The second-order valence-electron chi connectivity index (χ2n) is 5.59. The van der Waals surface area contributed by atoms with Crippen molar-refractivity contribution in [3.63, 3.8) is 0 Å². The SMILES string of the molecule is COc1cccnc1OC[C@@H]1CNCC[C@H]1c1ccccc1. The standard InChI is InChI=1S/C18H22N2O2/c1-21-17-8-5-10-20-18(17)22-13-15-12-19-11-9-16(15)14-6-3-2-4-7-14/h2-8,10,15-16,19H,9,11-13H2,1H3/t15-,16-/m0/s1. The number of ether oxygens (including phenoxy) is 2. The zero-order chi connectivity index (χ0) is 15.2. The summed E-state index contributed by atoms with van der Waals surface area (Å²) >= 11 is 0. The fourth-order valence-electron chi connectivity index (χ4n) is 3.06. The normalized spacial score (nSPS) is 21.3. The molecular formula is C18H22N2O2. The van der Waals surface area contributed by atoms with Crippen LogP contribution in [0.1, 0.15) is 17.9 Å². The summed E-state index contributed by atoms with van der Waals surface area (Å²) in [6.07, 6.45) is 2.86. The minimum absolute atomic E-state index is 0.433. The largest absolute Gasteiger partial charge is 0.491 e. The van der Waals surface area contributed by atoms with Crippen molar-refractivity contribution in [1.29, 1.82) is 0 Å². The van der Waals surface area contributed by atoms with Gasteiger partial charge < -0.3 is 14.8 Å². The van der Waals surface area contributed by atoms with Gasteiger partial charge >= 0.3 is 0 Å². The summed E-state index contributed by atoms with van der Waals surface area (Å²) in [6, 6.07) is 14.4. The van der Waals surface area contributed by atoms with E-state index in [4.69, 9.17) is 9.47 Å². The van der Waals surface area contributed by atoms with E-state index in [9.17, 15) is 0 Å². The van der Waals surface area contributed by atoms with Gasteiger partial charge in [0.05, 0.1) is 13.7 Å². The molecule has 2 aromatic rings. The van der Waals surface area contributed by atoms with Crippen LogP contribution in [-0.2, 0) is 0 Å². The van der Waals surface area contributed by atoms with Gasteiger partial charge in [-0.2, -0.15) is 0 Å². The van der Waals surface area contributed by atoms with Crippen LogP contribution in [0, 0.1) is 5.92 Å². The summed E-state index contributed by atoms with van der Waals surface area (Å²) in [5, 5.41) is 3.47. The molecule has 4 nitrogen and oxygen atoms in total. The van der Waals surface area contributed by atoms with E-state index in [0.29, 0.717) is 30.1 Å². The number of nitrogens with one attached hydrogen (secondary N) is 1. The minimum Gasteiger partial charge on any atom is -0.491 e. The van der Waals surface area contributed by atoms with Crippen LogP contribution in [0.15, 0.2) is 48.7 Å². The zero-order valence-electron chi connectivity index (χ0n) is 12.9. The fraction of sp³-hybridized carbons (Fsp3) is 0.389. The second-order valence-corrected chi connectivity index (χ2v) is 5.59. The lowest BCUT2D eigenvalue weighted by molar-refractivity contribution is 0.185. The van der Waals surface area contributed by atoms with E-state index in [1.165, 1.54) is 5.56 Å². The van der Waals surface area contributed by atoms with Gasteiger partial charge in [-0.15, -0.1) is 0 Å². The van der Waals surface area contributed by atoms with Crippen molar-refractivity contribution in [2.45, 2.75) is 12.3 Å². The maximum absolute atomic E-state index is 5.94. The van der Waals surface area contributed by atoms with Crippen LogP contribution in [0.3, 0.4) is 0 Å². The Hall–Kier alpha value is -2.07. The van der Waals surface area contributed by atoms with Crippen LogP contribution >= 0.6 is 0 Å². The molecule has 2 atom stereocenters. The molecule has 116 valence electrons. The van der Waals surface area contributed by atoms with Crippen molar-refractivity contribution in [3.8, 4) is 11.6 Å². The zero-order valence-corrected chi connectivity index (χ0v) is 12.9. The third kappa shape index (κ3) is 3.39. The Kier molecular flexibility index (Phi) is 4.91. The summed E-state index contributed by atoms with van der Waals surface area (Å²) in [4.78, 5) is 4.26. The molecule has 0 saturated carbocycles. The highest BCUT2D eigenvalue weighted by Crippen LogP contribution is 2.31. The van der Waals surface area contributed by atoms with Crippen molar-refractivity contribution in [1.82, 2.24) is 10.3 Å². The maximum atomic E-state index is 5.94. The van der Waals surface area contributed by atoms with Gasteiger partial charge in [0.2, 0.25) is 0 Å². The Morgan fingerprint density at radius 3 is 2.86 bits per heavy atom. The number of nitrogens with zero attached hydrogens (tertiary/aromatic N) is 1. The van der Waals surface area contributed by atoms with E-state index in [2.05, 4.69) is 40.6 Å². The van der Waals surface area contributed by atoms with Crippen LogP contribution in [0.25, 0.3) is 0 Å². The highest BCUT2D eigenvalue weighted by Gasteiger charge is 2.27. The number of benzene rings is 1. The summed E-state index contributed by atoms with van der Waals surface area (Å²) in [7, 11) is 1.64. The van der Waals surface area contributed by atoms with Crippen molar-refractivity contribution in [2.75, 3.05) is 26.8 Å². The molecule has 22 heavy (non-hydrogen) atoms. The molecule has 1 aliphatic rings. The van der Waals surface area contributed by atoms with Crippen LogP contribution in [0.2, 0.25) is 0 Å². The molecule has 1 saturated heterocycles. The average Bonchev–Trinajstić information content (AvgIpc) is 2.61. The molecule has 1 aromatic carbocycles. The van der Waals surface area contributed by atoms with Gasteiger partial charge in [-0.1, -0.05) is 30.3 Å². The van der Waals surface area contributed by atoms with Gasteiger partial charge in [-0.05, 0) is 36.6 Å². The van der Waals surface area contributed by atoms with Gasteiger partial charge in [-0.25, -0.2) is 4.98 Å². The molecule has 0 radical (unpaired) electrons. The molecular weight excluding hydrogens is 276 g/mol. The van der Waals surface area contributed by atoms with Crippen molar-refractivity contribution in [3.05, 3.63) is 54.2 Å². The van der Waals surface area contributed by atoms with Crippen molar-refractivity contribution in [2.24, 2.45) is 5.92 Å². The van der Waals surface area contributed by atoms with Crippen LogP contribution in [0.4, 0.5) is 0 Å². The quantitative estimate of drug-likeness (QED) is 0.922. The molecule has 3 rings (SSSR count). The summed E-state index contributed by atoms with van der Waals surface area (Å²) in [5.74, 6) is 2.21. The molecule has 4 heteroatoms. The molecule has 0 aliphatic carbocycles. The van der Waals surface area contributed by atoms with Gasteiger partial charge in [-0.3, -0.25) is 0 Å². The Morgan fingerprint density at radius 2 is 2.05 bits per heavy atom. The molecule has 0 amide bonds. The Morgan fingerprint density at radius 1 is 1.18 bits per heavy atom. The minimum atomic E-state index is 0.433. The van der Waals surface area contributed by atoms with E-state index in [1.807, 2.05) is 12.1 Å². The lowest BCUT2D eigenvalue weighted by Crippen LogP contribution is -2.38. The molecule has 0 bridgehead atoms. The van der Waals surface area contributed by atoms with E-state index in [0.717, 1.165) is 19.5 Å². The molecule has 2 heterocycles. The Labute approximate surface area is 131 Å². The van der Waals surface area contributed by atoms with E-state index in [-0.39, 0.29) is 0 Å². The Bertz CT molecular complexity index is 589. The number of aromatic nitrogens is 1. The van der Waals surface area contributed by atoms with Crippen molar-refractivity contribution < 1.29 is 9.47 Å². The number of hydrogen-bond donors (Lipinski definition) is 1. The highest BCUT2D eigenvalue weighted by atomic mass is 16.5. The third-order valence-electron chi connectivity index (χ3n) is 4.23. The maximum Gasteiger partial charge on any atom is 0.256 e. The van der Waals surface area contributed by atoms with Gasteiger partial charge in [0, 0.05) is 18.7 Å². The van der Waals surface area contributed by atoms with Crippen molar-refractivity contribution >= 4 is 0 Å². The van der Waals surface area contributed by atoms with Gasteiger partial charge in [0.1, 0.15) is 0 Å². The molecule has 0 unspecified atom stereocenters. The first-order valence-electron chi connectivity index (χ1n) is 7.76. The highest BCUT2D eigenvalue weighted by molar-refractivity contribution is 5.32. The fourth-order valence-corrected chi connectivity index (χ4v) is 3.06. The van der Waals surface area contributed by atoms with E-state index in [1.54, 1.807) is 13.3 Å². The summed E-state index contributed by atoms with van der Waals surface area (Å²) in [6.45, 7) is 2.66. The third-order valence-corrected chi connectivity index (χ3v) is 4.23. The molecule has 0 spiro atoms. The molecule has 1 aliphatic heterocycles.